The SMILES string of the molecule is NC(C(=O)O)C(Cl)C(=O)O. The van der Waals surface area contributed by atoms with Crippen LogP contribution in [-0.2, 0) is 9.59 Å². The zero-order valence-electron chi connectivity index (χ0n) is 4.82. The summed E-state index contributed by atoms with van der Waals surface area (Å²) in [4.78, 5) is 19.9. The molecule has 0 rings (SSSR count). The lowest BCUT2D eigenvalue weighted by Crippen LogP contribution is -2.42. The van der Waals surface area contributed by atoms with E-state index in [1.54, 1.807) is 0 Å². The topological polar surface area (TPSA) is 101 Å². The number of nitrogens with two attached hydrogens (primary N) is 1. The summed E-state index contributed by atoms with van der Waals surface area (Å²) in [5, 5.41) is 14.7. The maximum absolute atomic E-state index is 9.97. The van der Waals surface area contributed by atoms with E-state index in [2.05, 4.69) is 0 Å². The van der Waals surface area contributed by atoms with Crippen molar-refractivity contribution in [3.63, 3.8) is 0 Å². The van der Waals surface area contributed by atoms with Crippen molar-refractivity contribution in [2.24, 2.45) is 5.73 Å². The minimum Gasteiger partial charge on any atom is -0.480 e. The van der Waals surface area contributed by atoms with Gasteiger partial charge in [0, 0.05) is 0 Å². The average molecular weight is 168 g/mol. The Bertz CT molecular complexity index is 141. The molecule has 0 aromatic carbocycles. The fourth-order valence-electron chi connectivity index (χ4n) is 0.279. The van der Waals surface area contributed by atoms with E-state index in [1.165, 1.54) is 0 Å². The van der Waals surface area contributed by atoms with Gasteiger partial charge < -0.3 is 15.9 Å². The van der Waals surface area contributed by atoms with Gasteiger partial charge in [0.05, 0.1) is 0 Å². The largest absolute Gasteiger partial charge is 0.480 e. The number of aliphatic carboxylic acids is 2. The van der Waals surface area contributed by atoms with E-state index >= 15 is 0 Å². The molecule has 6 heteroatoms. The molecule has 0 spiro atoms. The summed E-state index contributed by atoms with van der Waals surface area (Å²) in [7, 11) is 0. The number of carboxylic acid groups (broad SMARTS) is 2. The first-order chi connectivity index (χ1) is 4.46. The lowest BCUT2D eigenvalue weighted by molar-refractivity contribution is -0.144. The van der Waals surface area contributed by atoms with Crippen molar-refractivity contribution in [2.75, 3.05) is 0 Å². The van der Waals surface area contributed by atoms with Crippen LogP contribution in [-0.4, -0.2) is 33.6 Å². The Morgan fingerprint density at radius 1 is 1.30 bits per heavy atom. The van der Waals surface area contributed by atoms with Crippen LogP contribution < -0.4 is 5.73 Å². The van der Waals surface area contributed by atoms with Gasteiger partial charge in [0.25, 0.3) is 0 Å². The summed E-state index contributed by atoms with van der Waals surface area (Å²) in [6.45, 7) is 0. The van der Waals surface area contributed by atoms with Crippen molar-refractivity contribution in [1.29, 1.82) is 0 Å². The summed E-state index contributed by atoms with van der Waals surface area (Å²) in [5.41, 5.74) is 4.85. The molecule has 0 amide bonds. The van der Waals surface area contributed by atoms with Crippen molar-refractivity contribution in [3.8, 4) is 0 Å². The van der Waals surface area contributed by atoms with Crippen LogP contribution in [0.15, 0.2) is 0 Å². The zero-order chi connectivity index (χ0) is 8.31. The molecule has 0 heterocycles. The highest BCUT2D eigenvalue weighted by Gasteiger charge is 2.27. The molecule has 0 saturated heterocycles. The Hall–Kier alpha value is -0.810. The van der Waals surface area contributed by atoms with Crippen LogP contribution in [0.5, 0.6) is 0 Å². The van der Waals surface area contributed by atoms with Gasteiger partial charge in [-0.3, -0.25) is 9.59 Å². The fraction of sp³-hybridized carbons (Fsp3) is 0.500. The van der Waals surface area contributed by atoms with Gasteiger partial charge >= 0.3 is 11.9 Å². The quantitative estimate of drug-likeness (QED) is 0.473. The van der Waals surface area contributed by atoms with Gasteiger partial charge in [-0.1, -0.05) is 0 Å². The lowest BCUT2D eigenvalue weighted by Gasteiger charge is -2.07. The molecule has 0 aliphatic rings. The Balaban J connectivity index is 4.07. The first kappa shape index (κ1) is 9.19. The molecule has 0 bridgehead atoms. The second kappa shape index (κ2) is 3.38. The number of hydrogen-bond donors (Lipinski definition) is 3. The lowest BCUT2D eigenvalue weighted by atomic mass is 10.2. The third-order valence-electron chi connectivity index (χ3n) is 0.836. The van der Waals surface area contributed by atoms with E-state index in [0.29, 0.717) is 0 Å². The molecule has 10 heavy (non-hydrogen) atoms. The second-order valence-electron chi connectivity index (χ2n) is 1.60. The molecule has 0 radical (unpaired) electrons. The number of carboxylic acids is 2. The van der Waals surface area contributed by atoms with E-state index in [0.717, 1.165) is 0 Å². The molecule has 0 aromatic heterocycles. The maximum atomic E-state index is 9.97. The molecule has 2 unspecified atom stereocenters. The molecule has 0 aliphatic heterocycles. The molecule has 0 fully saturated rings. The predicted molar refractivity (Wildman–Crippen MR) is 32.9 cm³/mol. The standard InChI is InChI=1S/C4H6ClNO4/c5-1(3(7)8)2(6)4(9)10/h1-2H,6H2,(H,7,8)(H,9,10). The van der Waals surface area contributed by atoms with E-state index in [4.69, 9.17) is 27.5 Å². The third-order valence-corrected chi connectivity index (χ3v) is 1.29. The number of rotatable bonds is 3. The Labute approximate surface area is 61.4 Å². The van der Waals surface area contributed by atoms with Crippen molar-refractivity contribution in [3.05, 3.63) is 0 Å². The van der Waals surface area contributed by atoms with Crippen LogP contribution in [0.1, 0.15) is 0 Å². The highest BCUT2D eigenvalue weighted by atomic mass is 35.5. The number of hydrogen-bond acceptors (Lipinski definition) is 3. The second-order valence-corrected chi connectivity index (χ2v) is 2.07. The van der Waals surface area contributed by atoms with E-state index in [9.17, 15) is 9.59 Å². The summed E-state index contributed by atoms with van der Waals surface area (Å²) in [6, 6.07) is -1.56. The smallest absolute Gasteiger partial charge is 0.323 e. The van der Waals surface area contributed by atoms with Crippen molar-refractivity contribution in [2.45, 2.75) is 11.4 Å². The van der Waals surface area contributed by atoms with Crippen LogP contribution in [0.4, 0.5) is 0 Å². The van der Waals surface area contributed by atoms with Crippen LogP contribution >= 0.6 is 11.6 Å². The zero-order valence-corrected chi connectivity index (χ0v) is 5.58. The molecule has 0 aromatic rings. The van der Waals surface area contributed by atoms with Gasteiger partial charge in [-0.25, -0.2) is 0 Å². The van der Waals surface area contributed by atoms with Crippen LogP contribution in [0.3, 0.4) is 0 Å². The first-order valence-electron chi connectivity index (χ1n) is 2.32. The van der Waals surface area contributed by atoms with Crippen molar-refractivity contribution in [1.82, 2.24) is 0 Å². The molecule has 58 valence electrons. The Morgan fingerprint density at radius 2 is 1.70 bits per heavy atom. The summed E-state index contributed by atoms with van der Waals surface area (Å²) in [5.74, 6) is -2.86. The average Bonchev–Trinajstić information content (AvgIpc) is 1.84. The van der Waals surface area contributed by atoms with Gasteiger partial charge in [0.2, 0.25) is 0 Å². The van der Waals surface area contributed by atoms with Crippen LogP contribution in [0.2, 0.25) is 0 Å². The normalized spacial score (nSPS) is 15.8. The van der Waals surface area contributed by atoms with Gasteiger partial charge in [0.15, 0.2) is 5.38 Å². The minimum absolute atomic E-state index is 1.43. The highest BCUT2D eigenvalue weighted by molar-refractivity contribution is 6.31. The molecule has 0 saturated carbocycles. The fourth-order valence-corrected chi connectivity index (χ4v) is 0.387. The minimum atomic E-state index is -1.57. The Kier molecular flexibility index (Phi) is 3.11. The number of alkyl halides is 1. The molecule has 0 aliphatic carbocycles. The molecule has 2 atom stereocenters. The van der Waals surface area contributed by atoms with Gasteiger partial charge in [-0.15, -0.1) is 11.6 Å². The first-order valence-corrected chi connectivity index (χ1v) is 2.75. The van der Waals surface area contributed by atoms with Crippen molar-refractivity contribution < 1.29 is 19.8 Å². The molecule has 4 N–H and O–H groups in total. The van der Waals surface area contributed by atoms with E-state index in [1.807, 2.05) is 0 Å². The summed E-state index contributed by atoms with van der Waals surface area (Å²) < 4.78 is 0. The third kappa shape index (κ3) is 2.20. The molecular weight excluding hydrogens is 162 g/mol. The van der Waals surface area contributed by atoms with E-state index < -0.39 is 23.4 Å². The van der Waals surface area contributed by atoms with Gasteiger partial charge in [-0.2, -0.15) is 0 Å². The van der Waals surface area contributed by atoms with Gasteiger partial charge in [-0.05, 0) is 0 Å². The van der Waals surface area contributed by atoms with Gasteiger partial charge in [0.1, 0.15) is 6.04 Å². The summed E-state index contributed by atoms with van der Waals surface area (Å²) in [6.07, 6.45) is 0. The number of carbonyl (C=O) groups is 2. The number of halogens is 1. The van der Waals surface area contributed by atoms with Crippen LogP contribution in [0, 0.1) is 0 Å². The Morgan fingerprint density at radius 3 is 1.80 bits per heavy atom. The van der Waals surface area contributed by atoms with Crippen LogP contribution in [0.25, 0.3) is 0 Å². The summed E-state index contributed by atoms with van der Waals surface area (Å²) >= 11 is 5.06. The monoisotopic (exact) mass is 167 g/mol. The van der Waals surface area contributed by atoms with Crippen molar-refractivity contribution >= 4 is 23.5 Å². The predicted octanol–water partition coefficient (Wildman–Crippen LogP) is -0.910. The molecular formula is C4H6ClNO4. The maximum Gasteiger partial charge on any atom is 0.323 e. The van der Waals surface area contributed by atoms with E-state index in [-0.39, 0.29) is 0 Å². The molecule has 5 nitrogen and oxygen atoms in total. The highest BCUT2D eigenvalue weighted by Crippen LogP contribution is 2.00.